The number of hydrogen-bond acceptors (Lipinski definition) is 7. The lowest BCUT2D eigenvalue weighted by molar-refractivity contribution is -0.146. The SMILES string of the molecule is C[C@@H]1CN(C(=O)[C@@H]2CC(=O)N[C@@H]([C@@H](C)O)C(=O)N[C@H](Cc3ccccc3)COc3ccccc3C(=O)N2)C[C@H](C)O1. The Morgan fingerprint density at radius 3 is 2.32 bits per heavy atom. The number of benzene rings is 2. The van der Waals surface area contributed by atoms with Gasteiger partial charge in [0.25, 0.3) is 5.91 Å². The number of rotatable bonds is 4. The number of amides is 4. The van der Waals surface area contributed by atoms with Crippen molar-refractivity contribution in [3.05, 3.63) is 65.7 Å². The van der Waals surface area contributed by atoms with E-state index in [4.69, 9.17) is 9.47 Å². The van der Waals surface area contributed by atoms with E-state index in [1.807, 2.05) is 44.2 Å². The fourth-order valence-electron chi connectivity index (χ4n) is 5.15. The normalized spacial score (nSPS) is 26.8. The first-order chi connectivity index (χ1) is 19.6. The molecular weight excluding hydrogens is 528 g/mol. The average Bonchev–Trinajstić information content (AvgIpc) is 2.93. The van der Waals surface area contributed by atoms with E-state index in [0.29, 0.717) is 19.5 Å². The van der Waals surface area contributed by atoms with Gasteiger partial charge in [0.15, 0.2) is 0 Å². The van der Waals surface area contributed by atoms with Crippen LogP contribution in [0, 0.1) is 0 Å². The van der Waals surface area contributed by atoms with Crippen LogP contribution in [0.15, 0.2) is 54.6 Å². The fraction of sp³-hybridized carbons (Fsp3) is 0.467. The Morgan fingerprint density at radius 2 is 1.63 bits per heavy atom. The molecule has 0 bridgehead atoms. The molecule has 41 heavy (non-hydrogen) atoms. The van der Waals surface area contributed by atoms with Crippen molar-refractivity contribution in [2.45, 2.75) is 70.1 Å². The zero-order valence-electron chi connectivity index (χ0n) is 23.5. The van der Waals surface area contributed by atoms with Crippen molar-refractivity contribution in [3.63, 3.8) is 0 Å². The second-order valence-corrected chi connectivity index (χ2v) is 10.7. The zero-order valence-corrected chi connectivity index (χ0v) is 23.5. The second kappa shape index (κ2) is 13.6. The minimum atomic E-state index is -1.29. The van der Waals surface area contributed by atoms with Crippen LogP contribution in [-0.2, 0) is 25.5 Å². The van der Waals surface area contributed by atoms with Crippen LogP contribution in [0.4, 0.5) is 0 Å². The number of para-hydroxylation sites is 1. The number of aliphatic hydroxyl groups is 1. The molecule has 2 heterocycles. The van der Waals surface area contributed by atoms with Gasteiger partial charge in [-0.1, -0.05) is 42.5 Å². The molecule has 0 unspecified atom stereocenters. The standard InChI is InChI=1S/C30H38N4O7/c1-18-15-34(16-19(2)41-18)30(39)24-14-26(36)33-27(20(3)35)29(38)31-22(13-21-9-5-4-6-10-21)17-40-25-12-8-7-11-23(25)28(37)32-24/h4-12,18-20,22,24,27,35H,13-17H2,1-3H3,(H,31,38)(H,32,37)(H,33,36)/t18-,19+,20-,22-,24+,27+/m1/s1. The molecule has 2 aromatic rings. The summed E-state index contributed by atoms with van der Waals surface area (Å²) in [5.41, 5.74) is 1.14. The third-order valence-corrected chi connectivity index (χ3v) is 7.05. The summed E-state index contributed by atoms with van der Waals surface area (Å²) in [5.74, 6) is -2.01. The van der Waals surface area contributed by atoms with E-state index in [0.717, 1.165) is 5.56 Å². The van der Waals surface area contributed by atoms with Crippen molar-refractivity contribution in [3.8, 4) is 5.75 Å². The second-order valence-electron chi connectivity index (χ2n) is 10.7. The Labute approximate surface area is 239 Å². The molecule has 4 amide bonds. The number of ether oxygens (including phenoxy) is 2. The van der Waals surface area contributed by atoms with Crippen LogP contribution >= 0.6 is 0 Å². The number of hydrogen-bond donors (Lipinski definition) is 4. The molecule has 0 aromatic heterocycles. The van der Waals surface area contributed by atoms with E-state index in [1.54, 1.807) is 29.2 Å². The summed E-state index contributed by atoms with van der Waals surface area (Å²) in [6.45, 7) is 5.71. The predicted octanol–water partition coefficient (Wildman–Crippen LogP) is 0.796. The molecule has 11 nitrogen and oxygen atoms in total. The molecule has 0 radical (unpaired) electrons. The van der Waals surface area contributed by atoms with E-state index in [2.05, 4.69) is 16.0 Å². The number of carbonyl (C=O) groups excluding carboxylic acids is 4. The molecule has 1 fully saturated rings. The minimum Gasteiger partial charge on any atom is -0.491 e. The van der Waals surface area contributed by atoms with Crippen molar-refractivity contribution in [1.29, 1.82) is 0 Å². The van der Waals surface area contributed by atoms with Gasteiger partial charge < -0.3 is 35.4 Å². The topological polar surface area (TPSA) is 146 Å². The number of aliphatic hydroxyl groups excluding tert-OH is 1. The first-order valence-corrected chi connectivity index (χ1v) is 13.9. The van der Waals surface area contributed by atoms with Crippen molar-refractivity contribution >= 4 is 23.6 Å². The lowest BCUT2D eigenvalue weighted by Gasteiger charge is -2.37. The first-order valence-electron chi connectivity index (χ1n) is 13.9. The van der Waals surface area contributed by atoms with Gasteiger partial charge in [-0.25, -0.2) is 0 Å². The quantitative estimate of drug-likeness (QED) is 0.428. The number of fused-ring (bicyclic) bond motifs is 1. The maximum Gasteiger partial charge on any atom is 0.255 e. The molecular formula is C30H38N4O7. The summed E-state index contributed by atoms with van der Waals surface area (Å²) in [7, 11) is 0. The molecule has 4 N–H and O–H groups in total. The highest BCUT2D eigenvalue weighted by molar-refractivity contribution is 6.01. The highest BCUT2D eigenvalue weighted by Crippen LogP contribution is 2.20. The van der Waals surface area contributed by atoms with Gasteiger partial charge in [-0.05, 0) is 44.9 Å². The summed E-state index contributed by atoms with van der Waals surface area (Å²) in [4.78, 5) is 55.1. The molecule has 2 aromatic carbocycles. The minimum absolute atomic E-state index is 0.0112. The van der Waals surface area contributed by atoms with Gasteiger partial charge in [-0.3, -0.25) is 19.2 Å². The van der Waals surface area contributed by atoms with Crippen LogP contribution in [-0.4, -0.2) is 89.8 Å². The first kappa shape index (κ1) is 30.0. The summed E-state index contributed by atoms with van der Waals surface area (Å²) in [6, 6.07) is 13.0. The molecule has 1 saturated heterocycles. The lowest BCUT2D eigenvalue weighted by Crippen LogP contribution is -2.58. The highest BCUT2D eigenvalue weighted by atomic mass is 16.5. The Balaban J connectivity index is 1.65. The Kier molecular flexibility index (Phi) is 9.95. The van der Waals surface area contributed by atoms with Gasteiger partial charge >= 0.3 is 0 Å². The average molecular weight is 567 g/mol. The predicted molar refractivity (Wildman–Crippen MR) is 150 cm³/mol. The smallest absolute Gasteiger partial charge is 0.255 e. The third kappa shape index (κ3) is 8.05. The molecule has 2 aliphatic rings. The molecule has 0 aliphatic carbocycles. The fourth-order valence-corrected chi connectivity index (χ4v) is 5.15. The molecule has 2 aliphatic heterocycles. The van der Waals surface area contributed by atoms with Crippen LogP contribution in [0.1, 0.15) is 43.1 Å². The van der Waals surface area contributed by atoms with Gasteiger partial charge in [0.2, 0.25) is 17.7 Å². The van der Waals surface area contributed by atoms with Crippen molar-refractivity contribution in [2.24, 2.45) is 0 Å². The molecule has 0 spiro atoms. The van der Waals surface area contributed by atoms with E-state index in [9.17, 15) is 24.3 Å². The van der Waals surface area contributed by atoms with Crippen LogP contribution in [0.25, 0.3) is 0 Å². The summed E-state index contributed by atoms with van der Waals surface area (Å²) >= 11 is 0. The highest BCUT2D eigenvalue weighted by Gasteiger charge is 2.35. The van der Waals surface area contributed by atoms with Gasteiger partial charge in [0.1, 0.15) is 24.4 Å². The molecule has 11 heteroatoms. The maximum atomic E-state index is 13.6. The maximum absolute atomic E-state index is 13.6. The molecule has 0 saturated carbocycles. The Hall–Kier alpha value is -3.96. The van der Waals surface area contributed by atoms with Gasteiger partial charge in [-0.15, -0.1) is 0 Å². The zero-order chi connectivity index (χ0) is 29.5. The number of nitrogens with one attached hydrogen (secondary N) is 3. The Morgan fingerprint density at radius 1 is 0.976 bits per heavy atom. The number of nitrogens with zero attached hydrogens (tertiary/aromatic N) is 1. The van der Waals surface area contributed by atoms with E-state index >= 15 is 0 Å². The lowest BCUT2D eigenvalue weighted by atomic mass is 10.0. The van der Waals surface area contributed by atoms with Crippen molar-refractivity contribution < 1.29 is 33.8 Å². The van der Waals surface area contributed by atoms with E-state index in [-0.39, 0.29) is 30.1 Å². The molecule has 4 rings (SSSR count). The van der Waals surface area contributed by atoms with Gasteiger partial charge in [0.05, 0.1) is 36.3 Å². The van der Waals surface area contributed by atoms with E-state index < -0.39 is 54.3 Å². The van der Waals surface area contributed by atoms with Crippen LogP contribution in [0.2, 0.25) is 0 Å². The summed E-state index contributed by atoms with van der Waals surface area (Å²) in [6.07, 6.45) is -1.68. The molecule has 220 valence electrons. The molecule has 6 atom stereocenters. The van der Waals surface area contributed by atoms with Crippen LogP contribution in [0.3, 0.4) is 0 Å². The number of carbonyl (C=O) groups is 4. The number of morpholine rings is 1. The van der Waals surface area contributed by atoms with Crippen molar-refractivity contribution in [1.82, 2.24) is 20.9 Å². The Bertz CT molecular complexity index is 1230. The third-order valence-electron chi connectivity index (χ3n) is 7.05. The summed E-state index contributed by atoms with van der Waals surface area (Å²) in [5, 5.41) is 18.5. The monoisotopic (exact) mass is 566 g/mol. The van der Waals surface area contributed by atoms with Crippen LogP contribution < -0.4 is 20.7 Å². The van der Waals surface area contributed by atoms with E-state index in [1.165, 1.54) is 6.92 Å². The van der Waals surface area contributed by atoms with Crippen molar-refractivity contribution in [2.75, 3.05) is 19.7 Å². The van der Waals surface area contributed by atoms with Crippen LogP contribution in [0.5, 0.6) is 5.75 Å². The van der Waals surface area contributed by atoms with Gasteiger partial charge in [-0.2, -0.15) is 0 Å². The largest absolute Gasteiger partial charge is 0.491 e. The summed E-state index contributed by atoms with van der Waals surface area (Å²) < 4.78 is 11.8. The van der Waals surface area contributed by atoms with Gasteiger partial charge in [0, 0.05) is 13.1 Å².